The number of methoxy groups -OCH3 is 2. The lowest BCUT2D eigenvalue weighted by molar-refractivity contribution is -0.137. The highest BCUT2D eigenvalue weighted by molar-refractivity contribution is 5.85. The second kappa shape index (κ2) is 10.6. The van der Waals surface area contributed by atoms with Crippen LogP contribution in [0.3, 0.4) is 0 Å². The summed E-state index contributed by atoms with van der Waals surface area (Å²) < 4.78 is 55.3. The fourth-order valence-corrected chi connectivity index (χ4v) is 4.13. The van der Waals surface area contributed by atoms with Crippen LogP contribution < -0.4 is 19.5 Å². The molecule has 0 bridgehead atoms. The molecular weight excluding hydrogens is 473 g/mol. The van der Waals surface area contributed by atoms with Crippen molar-refractivity contribution < 1.29 is 32.2 Å². The monoisotopic (exact) mass is 498 g/mol. The molecule has 188 valence electrons. The number of nitrogens with one attached hydrogen (secondary N) is 2. The lowest BCUT2D eigenvalue weighted by Crippen LogP contribution is -2.33. The van der Waals surface area contributed by atoms with E-state index < -0.39 is 24.3 Å². The molecule has 1 amide bonds. The van der Waals surface area contributed by atoms with E-state index in [1.54, 1.807) is 20.3 Å². The second-order valence-electron chi connectivity index (χ2n) is 8.04. The lowest BCUT2D eigenvalue weighted by Gasteiger charge is -2.22. The first kappa shape index (κ1) is 25.0. The predicted molar refractivity (Wildman–Crippen MR) is 130 cm³/mol. The average Bonchev–Trinajstić information content (AvgIpc) is 3.31. The van der Waals surface area contributed by atoms with Gasteiger partial charge in [-0.15, -0.1) is 0 Å². The van der Waals surface area contributed by atoms with E-state index in [4.69, 9.17) is 14.2 Å². The van der Waals surface area contributed by atoms with Crippen LogP contribution in [-0.4, -0.2) is 38.3 Å². The Morgan fingerprint density at radius 3 is 2.50 bits per heavy atom. The van der Waals surface area contributed by atoms with Crippen molar-refractivity contribution in [3.8, 4) is 17.2 Å². The number of hydrogen-bond donors (Lipinski definition) is 2. The first-order valence-electron chi connectivity index (χ1n) is 11.2. The molecule has 3 aromatic carbocycles. The number of aromatic nitrogens is 1. The van der Waals surface area contributed by atoms with E-state index in [-0.39, 0.29) is 18.2 Å². The van der Waals surface area contributed by atoms with E-state index in [1.807, 2.05) is 42.6 Å². The Kier molecular flexibility index (Phi) is 7.38. The van der Waals surface area contributed by atoms with E-state index in [0.29, 0.717) is 11.5 Å². The smallest absolute Gasteiger partial charge is 0.416 e. The maximum Gasteiger partial charge on any atom is 0.416 e. The number of carbonyl (C=O) groups is 1. The van der Waals surface area contributed by atoms with Crippen LogP contribution in [0.5, 0.6) is 17.2 Å². The number of ether oxygens (including phenoxy) is 3. The molecule has 0 saturated heterocycles. The Bertz CT molecular complexity index is 1350. The molecule has 36 heavy (non-hydrogen) atoms. The first-order valence-corrected chi connectivity index (χ1v) is 11.2. The number of hydrogen-bond acceptors (Lipinski definition) is 4. The van der Waals surface area contributed by atoms with Crippen LogP contribution in [0.15, 0.2) is 72.9 Å². The molecule has 0 aliphatic rings. The number of fused-ring (bicyclic) bond motifs is 1. The van der Waals surface area contributed by atoms with Crippen LogP contribution in [0, 0.1) is 0 Å². The quantitative estimate of drug-likeness (QED) is 0.318. The van der Waals surface area contributed by atoms with Crippen molar-refractivity contribution in [1.29, 1.82) is 0 Å². The van der Waals surface area contributed by atoms with Crippen LogP contribution in [0.1, 0.15) is 22.6 Å². The number of carbonyl (C=O) groups excluding carboxylic acids is 1. The summed E-state index contributed by atoms with van der Waals surface area (Å²) >= 11 is 0. The Hall–Kier alpha value is -4.14. The summed E-state index contributed by atoms with van der Waals surface area (Å²) in [7, 11) is 3.10. The molecule has 0 aliphatic carbocycles. The molecule has 1 atom stereocenters. The van der Waals surface area contributed by atoms with Gasteiger partial charge in [0.25, 0.3) is 5.91 Å². The van der Waals surface area contributed by atoms with Crippen molar-refractivity contribution in [3.05, 3.63) is 89.6 Å². The van der Waals surface area contributed by atoms with Crippen molar-refractivity contribution >= 4 is 16.8 Å². The van der Waals surface area contributed by atoms with E-state index in [0.717, 1.165) is 34.2 Å². The molecule has 1 unspecified atom stereocenters. The minimum atomic E-state index is -4.50. The second-order valence-corrected chi connectivity index (χ2v) is 8.04. The van der Waals surface area contributed by atoms with Crippen LogP contribution in [-0.2, 0) is 11.0 Å². The molecule has 4 aromatic rings. The van der Waals surface area contributed by atoms with Gasteiger partial charge in [0.2, 0.25) is 0 Å². The van der Waals surface area contributed by atoms with E-state index in [9.17, 15) is 18.0 Å². The molecule has 9 heteroatoms. The van der Waals surface area contributed by atoms with Gasteiger partial charge in [-0.3, -0.25) is 4.79 Å². The maximum atomic E-state index is 12.9. The average molecular weight is 499 g/mol. The predicted octanol–water partition coefficient (Wildman–Crippen LogP) is 5.53. The SMILES string of the molecule is COc1cccc(C(CNC(=O)COc2cccc(C(F)(F)F)c2)c2c[nH]c3ccccc23)c1OC. The van der Waals surface area contributed by atoms with E-state index in [2.05, 4.69) is 10.3 Å². The zero-order chi connectivity index (χ0) is 25.7. The van der Waals surface area contributed by atoms with Gasteiger partial charge in [0.1, 0.15) is 5.75 Å². The highest BCUT2D eigenvalue weighted by Crippen LogP contribution is 2.40. The standard InChI is InChI=1S/C27H25F3N2O4/c1-34-24-12-6-10-20(26(24)35-2)22(21-14-31-23-11-4-3-9-19(21)23)15-32-25(33)16-36-18-8-5-7-17(13-18)27(28,29)30/h3-14,22,31H,15-16H2,1-2H3,(H,32,33). The zero-order valence-electron chi connectivity index (χ0n) is 19.7. The molecular formula is C27H25F3N2O4. The summed E-state index contributed by atoms with van der Waals surface area (Å²) in [5.41, 5.74) is 1.85. The molecule has 1 heterocycles. The highest BCUT2D eigenvalue weighted by atomic mass is 19.4. The third-order valence-electron chi connectivity index (χ3n) is 5.84. The number of H-pyrrole nitrogens is 1. The fourth-order valence-electron chi connectivity index (χ4n) is 4.13. The van der Waals surface area contributed by atoms with Gasteiger partial charge in [0.05, 0.1) is 19.8 Å². The molecule has 6 nitrogen and oxygen atoms in total. The summed E-state index contributed by atoms with van der Waals surface area (Å²) in [5, 5.41) is 3.83. The van der Waals surface area contributed by atoms with Gasteiger partial charge in [-0.2, -0.15) is 13.2 Å². The summed E-state index contributed by atoms with van der Waals surface area (Å²) in [4.78, 5) is 15.9. The summed E-state index contributed by atoms with van der Waals surface area (Å²) in [5.74, 6) is 0.272. The Balaban J connectivity index is 1.56. The van der Waals surface area contributed by atoms with Crippen molar-refractivity contribution in [3.63, 3.8) is 0 Å². The number of para-hydroxylation sites is 2. The van der Waals surface area contributed by atoms with Crippen LogP contribution >= 0.6 is 0 Å². The normalized spacial score (nSPS) is 12.2. The van der Waals surface area contributed by atoms with Crippen LogP contribution in [0.25, 0.3) is 10.9 Å². The van der Waals surface area contributed by atoms with Gasteiger partial charge in [-0.1, -0.05) is 36.4 Å². The molecule has 0 radical (unpaired) electrons. The molecule has 2 N–H and O–H groups in total. The van der Waals surface area contributed by atoms with Crippen molar-refractivity contribution in [2.45, 2.75) is 12.1 Å². The molecule has 4 rings (SSSR count). The summed E-state index contributed by atoms with van der Waals surface area (Å²) in [6.07, 6.45) is -2.61. The van der Waals surface area contributed by atoms with Crippen molar-refractivity contribution in [1.82, 2.24) is 10.3 Å². The van der Waals surface area contributed by atoms with E-state index >= 15 is 0 Å². The highest BCUT2D eigenvalue weighted by Gasteiger charge is 2.30. The third kappa shape index (κ3) is 5.40. The number of halogens is 3. The van der Waals surface area contributed by atoms with Gasteiger partial charge in [-0.25, -0.2) is 0 Å². The largest absolute Gasteiger partial charge is 0.493 e. The lowest BCUT2D eigenvalue weighted by atomic mass is 9.90. The maximum absolute atomic E-state index is 12.9. The number of alkyl halides is 3. The van der Waals surface area contributed by atoms with Crippen molar-refractivity contribution in [2.24, 2.45) is 0 Å². The van der Waals surface area contributed by atoms with Gasteiger partial charge < -0.3 is 24.5 Å². The van der Waals surface area contributed by atoms with Gasteiger partial charge in [-0.05, 0) is 35.9 Å². The van der Waals surface area contributed by atoms with Gasteiger partial charge in [0, 0.05) is 35.1 Å². The van der Waals surface area contributed by atoms with Crippen LogP contribution in [0.4, 0.5) is 13.2 Å². The number of rotatable bonds is 9. The molecule has 0 saturated carbocycles. The van der Waals surface area contributed by atoms with E-state index in [1.165, 1.54) is 12.1 Å². The first-order chi connectivity index (χ1) is 17.3. The summed E-state index contributed by atoms with van der Waals surface area (Å²) in [6, 6.07) is 17.8. The third-order valence-corrected chi connectivity index (χ3v) is 5.84. The summed E-state index contributed by atoms with van der Waals surface area (Å²) in [6.45, 7) is -0.243. The van der Waals surface area contributed by atoms with Gasteiger partial charge in [0.15, 0.2) is 18.1 Å². The number of amides is 1. The van der Waals surface area contributed by atoms with Gasteiger partial charge >= 0.3 is 6.18 Å². The minimum Gasteiger partial charge on any atom is -0.493 e. The molecule has 0 aliphatic heterocycles. The van der Waals surface area contributed by atoms with Crippen molar-refractivity contribution in [2.75, 3.05) is 27.4 Å². The zero-order valence-corrected chi connectivity index (χ0v) is 19.7. The topological polar surface area (TPSA) is 72.6 Å². The van der Waals surface area contributed by atoms with Crippen LogP contribution in [0.2, 0.25) is 0 Å². The molecule has 0 spiro atoms. The Morgan fingerprint density at radius 1 is 0.972 bits per heavy atom. The minimum absolute atomic E-state index is 0.0392. The Morgan fingerprint density at radius 2 is 1.75 bits per heavy atom. The molecule has 1 aromatic heterocycles. The number of aromatic amines is 1. The fraction of sp³-hybridized carbons (Fsp3) is 0.222. The number of benzene rings is 3. The molecule has 0 fully saturated rings. The Labute approximate surface area is 206 Å².